The molecule has 1 saturated heterocycles. The van der Waals surface area contributed by atoms with Crippen LogP contribution in [0.25, 0.3) is 17.1 Å². The molecule has 1 aliphatic heterocycles. The van der Waals surface area contributed by atoms with Crippen molar-refractivity contribution in [1.29, 1.82) is 0 Å². The Balaban J connectivity index is 1.74. The zero-order valence-corrected chi connectivity index (χ0v) is 17.4. The molecule has 0 spiro atoms. The van der Waals surface area contributed by atoms with E-state index in [4.69, 9.17) is 0 Å². The third-order valence-corrected chi connectivity index (χ3v) is 7.11. The molecule has 0 radical (unpaired) electrons. The average molecular weight is 400 g/mol. The second-order valence-corrected chi connectivity index (χ2v) is 9.81. The molecule has 28 heavy (non-hydrogen) atoms. The minimum atomic E-state index is -2.96. The molecule has 1 atom stereocenters. The Morgan fingerprint density at radius 2 is 1.86 bits per heavy atom. The van der Waals surface area contributed by atoms with E-state index < -0.39 is 9.84 Å². The van der Waals surface area contributed by atoms with E-state index in [9.17, 15) is 8.42 Å². The largest absolute Gasteiger partial charge is 0.378 e. The molecule has 7 nitrogen and oxygen atoms in total. The van der Waals surface area contributed by atoms with Gasteiger partial charge in [-0.15, -0.1) is 0 Å². The number of anilines is 1. The van der Waals surface area contributed by atoms with Gasteiger partial charge in [0.25, 0.3) is 0 Å². The van der Waals surface area contributed by atoms with Crippen molar-refractivity contribution in [2.45, 2.75) is 26.3 Å². The van der Waals surface area contributed by atoms with Gasteiger partial charge in [-0.1, -0.05) is 0 Å². The molecular weight excluding hydrogens is 374 g/mol. The van der Waals surface area contributed by atoms with E-state index in [1.54, 1.807) is 6.20 Å². The van der Waals surface area contributed by atoms with Crippen molar-refractivity contribution >= 4 is 15.5 Å². The first-order valence-corrected chi connectivity index (χ1v) is 11.2. The average Bonchev–Trinajstić information content (AvgIpc) is 3.32. The zero-order chi connectivity index (χ0) is 20.1. The molecule has 8 heteroatoms. The van der Waals surface area contributed by atoms with Crippen molar-refractivity contribution in [3.05, 3.63) is 48.0 Å². The van der Waals surface area contributed by atoms with E-state index in [1.807, 2.05) is 43.4 Å². The van der Waals surface area contributed by atoms with Crippen molar-refractivity contribution in [2.24, 2.45) is 0 Å². The number of hydrogen-bond acceptors (Lipinski definition) is 5. The topological polar surface area (TPSA) is 73.0 Å². The van der Waals surface area contributed by atoms with Gasteiger partial charge >= 0.3 is 0 Å². The van der Waals surface area contributed by atoms with Crippen molar-refractivity contribution in [3.8, 4) is 17.1 Å². The molecule has 1 unspecified atom stereocenters. The van der Waals surface area contributed by atoms with Crippen molar-refractivity contribution in [1.82, 2.24) is 19.3 Å². The van der Waals surface area contributed by atoms with Crippen LogP contribution in [0, 0.1) is 13.8 Å². The summed E-state index contributed by atoms with van der Waals surface area (Å²) in [5, 5.41) is 4.68. The first kappa shape index (κ1) is 18.7. The van der Waals surface area contributed by atoms with Gasteiger partial charge in [0.1, 0.15) is 5.82 Å². The molecule has 0 saturated carbocycles. The lowest BCUT2D eigenvalue weighted by Gasteiger charge is -2.14. The lowest BCUT2D eigenvalue weighted by Crippen LogP contribution is -2.14. The van der Waals surface area contributed by atoms with Crippen molar-refractivity contribution in [2.75, 3.05) is 30.5 Å². The van der Waals surface area contributed by atoms with E-state index in [0.29, 0.717) is 6.42 Å². The molecule has 2 aromatic heterocycles. The lowest BCUT2D eigenvalue weighted by molar-refractivity contribution is 0.486. The summed E-state index contributed by atoms with van der Waals surface area (Å²) in [5.74, 6) is 1.24. The van der Waals surface area contributed by atoms with Gasteiger partial charge in [-0.25, -0.2) is 13.4 Å². The fraction of sp³-hybridized carbons (Fsp3) is 0.400. The number of sulfone groups is 1. The normalized spacial score (nSPS) is 18.5. The molecule has 0 aliphatic carbocycles. The predicted octanol–water partition coefficient (Wildman–Crippen LogP) is 2.78. The highest BCUT2D eigenvalue weighted by Gasteiger charge is 2.32. The third kappa shape index (κ3) is 3.22. The van der Waals surface area contributed by atoms with Crippen LogP contribution in [-0.4, -0.2) is 53.4 Å². The summed E-state index contributed by atoms with van der Waals surface area (Å²) in [4.78, 5) is 6.63. The van der Waals surface area contributed by atoms with Crippen molar-refractivity contribution in [3.63, 3.8) is 0 Å². The summed E-state index contributed by atoms with van der Waals surface area (Å²) in [6.07, 6.45) is 4.33. The standard InChI is InChI=1S/C20H25N5O2S/c1-14-19(15(2)25(22-14)18-9-12-28(26,27)13-18)24-11-10-21-20(24)16-5-7-17(8-6-16)23(3)4/h5-8,10-11,18H,9,12-13H2,1-4H3. The van der Waals surface area contributed by atoms with Crippen LogP contribution >= 0.6 is 0 Å². The Morgan fingerprint density at radius 1 is 1.14 bits per heavy atom. The number of imidazole rings is 1. The predicted molar refractivity (Wildman–Crippen MR) is 111 cm³/mol. The van der Waals surface area contributed by atoms with Gasteiger partial charge < -0.3 is 4.90 Å². The molecule has 1 aliphatic rings. The molecule has 148 valence electrons. The summed E-state index contributed by atoms with van der Waals surface area (Å²) in [6.45, 7) is 3.96. The summed E-state index contributed by atoms with van der Waals surface area (Å²) >= 11 is 0. The number of aryl methyl sites for hydroxylation is 1. The highest BCUT2D eigenvalue weighted by atomic mass is 32.2. The fourth-order valence-corrected chi connectivity index (χ4v) is 5.62. The molecule has 0 N–H and O–H groups in total. The molecular formula is C20H25N5O2S. The zero-order valence-electron chi connectivity index (χ0n) is 16.6. The van der Waals surface area contributed by atoms with Crippen LogP contribution in [0.3, 0.4) is 0 Å². The van der Waals surface area contributed by atoms with Gasteiger partial charge in [0.2, 0.25) is 0 Å². The van der Waals surface area contributed by atoms with E-state index in [-0.39, 0.29) is 17.5 Å². The van der Waals surface area contributed by atoms with Gasteiger partial charge in [0.05, 0.1) is 34.6 Å². The molecule has 3 heterocycles. The number of benzene rings is 1. The summed E-state index contributed by atoms with van der Waals surface area (Å²) in [6, 6.07) is 8.17. The van der Waals surface area contributed by atoms with Crippen molar-refractivity contribution < 1.29 is 8.42 Å². The quantitative estimate of drug-likeness (QED) is 0.674. The number of nitrogens with zero attached hydrogens (tertiary/aromatic N) is 5. The molecule has 4 rings (SSSR count). The Bertz CT molecular complexity index is 1110. The smallest absolute Gasteiger partial charge is 0.152 e. The summed E-state index contributed by atoms with van der Waals surface area (Å²) in [5.41, 5.74) is 4.94. The van der Waals surface area contributed by atoms with Gasteiger partial charge in [-0.05, 0) is 44.5 Å². The maximum Gasteiger partial charge on any atom is 0.152 e. The monoisotopic (exact) mass is 399 g/mol. The van der Waals surface area contributed by atoms with Crippen LogP contribution in [-0.2, 0) is 9.84 Å². The van der Waals surface area contributed by atoms with Gasteiger partial charge in [-0.2, -0.15) is 5.10 Å². The maximum absolute atomic E-state index is 11.9. The number of hydrogen-bond donors (Lipinski definition) is 0. The van der Waals surface area contributed by atoms with Crippen LogP contribution in [0.1, 0.15) is 23.9 Å². The highest BCUT2D eigenvalue weighted by molar-refractivity contribution is 7.91. The van der Waals surface area contributed by atoms with E-state index in [2.05, 4.69) is 39.2 Å². The molecule has 0 bridgehead atoms. The van der Waals surface area contributed by atoms with Gasteiger partial charge in [0, 0.05) is 37.7 Å². The second-order valence-electron chi connectivity index (χ2n) is 7.58. The molecule has 1 aromatic carbocycles. The summed E-state index contributed by atoms with van der Waals surface area (Å²) in [7, 11) is 1.06. The molecule has 3 aromatic rings. The fourth-order valence-electron chi connectivity index (χ4n) is 3.93. The minimum Gasteiger partial charge on any atom is -0.378 e. The van der Waals surface area contributed by atoms with E-state index in [0.717, 1.165) is 34.2 Å². The number of rotatable bonds is 4. The van der Waals surface area contributed by atoms with Gasteiger partial charge in [0.15, 0.2) is 9.84 Å². The Hall–Kier alpha value is -2.61. The van der Waals surface area contributed by atoms with E-state index in [1.165, 1.54) is 0 Å². The Kier molecular flexibility index (Phi) is 4.53. The minimum absolute atomic E-state index is 0.0937. The van der Waals surface area contributed by atoms with Crippen LogP contribution in [0.5, 0.6) is 0 Å². The second kappa shape index (κ2) is 6.77. The van der Waals surface area contributed by atoms with Crippen LogP contribution < -0.4 is 4.90 Å². The van der Waals surface area contributed by atoms with Crippen LogP contribution in [0.4, 0.5) is 5.69 Å². The first-order valence-electron chi connectivity index (χ1n) is 9.34. The van der Waals surface area contributed by atoms with Gasteiger partial charge in [-0.3, -0.25) is 9.25 Å². The molecule has 0 amide bonds. The maximum atomic E-state index is 11.9. The Morgan fingerprint density at radius 3 is 2.46 bits per heavy atom. The van der Waals surface area contributed by atoms with E-state index >= 15 is 0 Å². The SMILES string of the molecule is Cc1nn(C2CCS(=O)(=O)C2)c(C)c1-n1ccnc1-c1ccc(N(C)C)cc1. The summed E-state index contributed by atoms with van der Waals surface area (Å²) < 4.78 is 27.7. The van der Waals surface area contributed by atoms with Crippen LogP contribution in [0.2, 0.25) is 0 Å². The number of aromatic nitrogens is 4. The first-order chi connectivity index (χ1) is 13.3. The lowest BCUT2D eigenvalue weighted by atomic mass is 10.1. The highest BCUT2D eigenvalue weighted by Crippen LogP contribution is 2.31. The molecule has 1 fully saturated rings. The Labute approximate surface area is 165 Å². The van der Waals surface area contributed by atoms with Crippen LogP contribution in [0.15, 0.2) is 36.7 Å². The third-order valence-electron chi connectivity index (χ3n) is 5.36.